The van der Waals surface area contributed by atoms with Crippen molar-refractivity contribution in [1.82, 2.24) is 0 Å². The first-order valence-corrected chi connectivity index (χ1v) is 5.46. The Kier molecular flexibility index (Phi) is 8.21. The smallest absolute Gasteiger partial charge is 0.304 e. The highest BCUT2D eigenvalue weighted by Gasteiger charge is 2.08. The fraction of sp³-hybridized carbons (Fsp3) is 0.900. The van der Waals surface area contributed by atoms with E-state index in [9.17, 15) is 4.79 Å². The van der Waals surface area contributed by atoms with E-state index in [1.165, 1.54) is 25.7 Å². The van der Waals surface area contributed by atoms with Crippen LogP contribution in [0.3, 0.4) is 0 Å². The maximum absolute atomic E-state index is 10.3. The van der Waals surface area contributed by atoms with Crippen LogP contribution in [0.25, 0.3) is 0 Å². The molecule has 0 aliphatic rings. The zero-order valence-electron chi connectivity index (χ0n) is 8.26. The van der Waals surface area contributed by atoms with Crippen molar-refractivity contribution in [1.29, 1.82) is 0 Å². The lowest BCUT2D eigenvalue weighted by Gasteiger charge is -2.05. The number of halogens is 1. The molecule has 0 aliphatic heterocycles. The van der Waals surface area contributed by atoms with Crippen LogP contribution in [-0.4, -0.2) is 16.5 Å². The quantitative estimate of drug-likeness (QED) is 0.488. The molecule has 0 saturated carbocycles. The van der Waals surface area contributed by atoms with Crippen LogP contribution in [-0.2, 0) is 4.79 Å². The van der Waals surface area contributed by atoms with E-state index >= 15 is 0 Å². The molecule has 0 amide bonds. The summed E-state index contributed by atoms with van der Waals surface area (Å²) in [5, 5.41) is 8.26. The minimum atomic E-state index is -0.798. The van der Waals surface area contributed by atoms with Gasteiger partial charge in [0.15, 0.2) is 0 Å². The number of alkyl halides is 1. The Morgan fingerprint density at radius 3 is 2.46 bits per heavy atom. The predicted octanol–water partition coefficient (Wildman–Crippen LogP) is 3.43. The number of aliphatic carboxylic acids is 1. The Morgan fingerprint density at radius 2 is 1.92 bits per heavy atom. The summed E-state index contributed by atoms with van der Waals surface area (Å²) in [5.74, 6) is -0.798. The van der Waals surface area contributed by atoms with Crippen molar-refractivity contribution in [2.45, 2.75) is 57.2 Å². The van der Waals surface area contributed by atoms with Gasteiger partial charge < -0.3 is 5.11 Å². The van der Waals surface area contributed by atoms with Gasteiger partial charge in [-0.25, -0.2) is 0 Å². The maximum Gasteiger partial charge on any atom is 0.304 e. The molecule has 0 rings (SSSR count). The van der Waals surface area contributed by atoms with Crippen molar-refractivity contribution in [2.75, 3.05) is 0 Å². The van der Waals surface area contributed by atoms with Crippen LogP contribution in [0.4, 0.5) is 0 Å². The van der Waals surface area contributed by atoms with E-state index in [1.54, 1.807) is 0 Å². The first-order chi connectivity index (χ1) is 6.16. The van der Waals surface area contributed by atoms with Gasteiger partial charge in [0.1, 0.15) is 0 Å². The van der Waals surface area contributed by atoms with Crippen LogP contribution >= 0.6 is 11.6 Å². The van der Waals surface area contributed by atoms with Gasteiger partial charge in [-0.3, -0.25) is 4.79 Å². The van der Waals surface area contributed by atoms with E-state index < -0.39 is 5.97 Å². The molecule has 1 atom stereocenters. The lowest BCUT2D eigenvalue weighted by atomic mass is 10.1. The Labute approximate surface area is 85.3 Å². The Hall–Kier alpha value is -0.240. The monoisotopic (exact) mass is 206 g/mol. The summed E-state index contributed by atoms with van der Waals surface area (Å²) in [6.07, 6.45) is 6.91. The van der Waals surface area contributed by atoms with Gasteiger partial charge in [0.05, 0.1) is 6.42 Å². The highest BCUT2D eigenvalue weighted by atomic mass is 35.5. The van der Waals surface area contributed by atoms with Gasteiger partial charge >= 0.3 is 5.97 Å². The van der Waals surface area contributed by atoms with E-state index in [1.807, 2.05) is 0 Å². The number of carboxylic acid groups (broad SMARTS) is 1. The first kappa shape index (κ1) is 12.8. The molecule has 0 aromatic carbocycles. The SMILES string of the molecule is CCCCCCCC(Cl)CC(=O)O. The van der Waals surface area contributed by atoms with Crippen LogP contribution in [0.5, 0.6) is 0 Å². The second kappa shape index (κ2) is 8.36. The van der Waals surface area contributed by atoms with Crippen LogP contribution in [0.2, 0.25) is 0 Å². The van der Waals surface area contributed by atoms with Crippen LogP contribution in [0, 0.1) is 0 Å². The van der Waals surface area contributed by atoms with Gasteiger partial charge in [0, 0.05) is 5.38 Å². The lowest BCUT2D eigenvalue weighted by molar-refractivity contribution is -0.137. The standard InChI is InChI=1S/C10H19ClO2/c1-2-3-4-5-6-7-9(11)8-10(12)13/h9H,2-8H2,1H3,(H,12,13). The van der Waals surface area contributed by atoms with Gasteiger partial charge in [-0.1, -0.05) is 39.0 Å². The Morgan fingerprint density at radius 1 is 1.31 bits per heavy atom. The van der Waals surface area contributed by atoms with E-state index in [0.29, 0.717) is 0 Å². The van der Waals surface area contributed by atoms with Crippen molar-refractivity contribution in [3.8, 4) is 0 Å². The number of carbonyl (C=O) groups is 1. The van der Waals surface area contributed by atoms with Gasteiger partial charge in [0.25, 0.3) is 0 Å². The predicted molar refractivity (Wildman–Crippen MR) is 55.3 cm³/mol. The minimum Gasteiger partial charge on any atom is -0.481 e. The molecule has 2 nitrogen and oxygen atoms in total. The molecule has 78 valence electrons. The highest BCUT2D eigenvalue weighted by molar-refractivity contribution is 6.21. The van der Waals surface area contributed by atoms with Crippen molar-refractivity contribution in [3.05, 3.63) is 0 Å². The number of hydrogen-bond donors (Lipinski definition) is 1. The normalized spacial score (nSPS) is 12.8. The van der Waals surface area contributed by atoms with E-state index in [4.69, 9.17) is 16.7 Å². The average molecular weight is 207 g/mol. The molecule has 1 N–H and O–H groups in total. The third kappa shape index (κ3) is 9.68. The molecule has 1 unspecified atom stereocenters. The van der Waals surface area contributed by atoms with E-state index in [0.717, 1.165) is 12.8 Å². The molecular formula is C10H19ClO2. The number of unbranched alkanes of at least 4 members (excludes halogenated alkanes) is 4. The van der Waals surface area contributed by atoms with Gasteiger partial charge in [-0.2, -0.15) is 0 Å². The topological polar surface area (TPSA) is 37.3 Å². The second-order valence-corrected chi connectivity index (χ2v) is 4.02. The van der Waals surface area contributed by atoms with Crippen molar-refractivity contribution >= 4 is 17.6 Å². The molecule has 0 aromatic heterocycles. The maximum atomic E-state index is 10.3. The molecule has 0 spiro atoms. The zero-order chi connectivity index (χ0) is 10.1. The van der Waals surface area contributed by atoms with Crippen molar-refractivity contribution in [2.24, 2.45) is 0 Å². The molecule has 0 saturated heterocycles. The van der Waals surface area contributed by atoms with Crippen molar-refractivity contribution < 1.29 is 9.90 Å². The molecule has 0 aliphatic carbocycles. The third-order valence-corrected chi connectivity index (χ3v) is 2.39. The molecule has 0 aromatic rings. The second-order valence-electron chi connectivity index (χ2n) is 3.40. The van der Waals surface area contributed by atoms with Gasteiger partial charge in [-0.15, -0.1) is 11.6 Å². The fourth-order valence-electron chi connectivity index (χ4n) is 1.26. The summed E-state index contributed by atoms with van der Waals surface area (Å²) in [6, 6.07) is 0. The zero-order valence-corrected chi connectivity index (χ0v) is 9.02. The van der Waals surface area contributed by atoms with Crippen molar-refractivity contribution in [3.63, 3.8) is 0 Å². The number of rotatable bonds is 8. The molecular weight excluding hydrogens is 188 g/mol. The Balaban J connectivity index is 3.17. The summed E-state index contributed by atoms with van der Waals surface area (Å²) >= 11 is 5.81. The summed E-state index contributed by atoms with van der Waals surface area (Å²) < 4.78 is 0. The summed E-state index contributed by atoms with van der Waals surface area (Å²) in [6.45, 7) is 2.18. The summed E-state index contributed by atoms with van der Waals surface area (Å²) in [5.41, 5.74) is 0. The molecule has 0 fully saturated rings. The Bertz CT molecular complexity index is 137. The molecule has 0 radical (unpaired) electrons. The minimum absolute atomic E-state index is 0.0926. The number of hydrogen-bond acceptors (Lipinski definition) is 1. The van der Waals surface area contributed by atoms with Gasteiger partial charge in [-0.05, 0) is 6.42 Å². The van der Waals surface area contributed by atoms with Crippen LogP contribution in [0.1, 0.15) is 51.9 Å². The highest BCUT2D eigenvalue weighted by Crippen LogP contribution is 2.13. The molecule has 0 heterocycles. The molecule has 13 heavy (non-hydrogen) atoms. The number of carboxylic acids is 1. The third-order valence-electron chi connectivity index (χ3n) is 2.02. The largest absolute Gasteiger partial charge is 0.481 e. The molecule has 0 bridgehead atoms. The van der Waals surface area contributed by atoms with E-state index in [-0.39, 0.29) is 11.8 Å². The van der Waals surface area contributed by atoms with Gasteiger partial charge in [0.2, 0.25) is 0 Å². The summed E-state index contributed by atoms with van der Waals surface area (Å²) in [7, 11) is 0. The first-order valence-electron chi connectivity index (χ1n) is 5.02. The van der Waals surface area contributed by atoms with Crippen LogP contribution in [0.15, 0.2) is 0 Å². The van der Waals surface area contributed by atoms with E-state index in [2.05, 4.69) is 6.92 Å². The summed E-state index contributed by atoms with van der Waals surface area (Å²) in [4.78, 5) is 10.3. The lowest BCUT2D eigenvalue weighted by Crippen LogP contribution is -2.06. The van der Waals surface area contributed by atoms with Crippen LogP contribution < -0.4 is 0 Å². The fourth-order valence-corrected chi connectivity index (χ4v) is 1.55. The average Bonchev–Trinajstić information content (AvgIpc) is 2.02. The molecule has 3 heteroatoms.